The Labute approximate surface area is 182 Å². The molecule has 0 saturated heterocycles. The minimum Gasteiger partial charge on any atom is -0.490 e. The van der Waals surface area contributed by atoms with E-state index in [4.69, 9.17) is 24.7 Å². The van der Waals surface area contributed by atoms with Gasteiger partial charge in [-0.1, -0.05) is 6.07 Å². The van der Waals surface area contributed by atoms with Crippen LogP contribution < -0.4 is 24.7 Å². The number of rotatable bonds is 11. The molecule has 3 rings (SSSR count). The van der Waals surface area contributed by atoms with E-state index in [0.29, 0.717) is 61.1 Å². The van der Waals surface area contributed by atoms with E-state index in [-0.39, 0.29) is 0 Å². The standard InChI is InChI=1S/C23H30N4O4/c1-5-28-17-11-9-15(13-19(17)30-7-3)21(24)23-25-22(26-27-23)16-10-12-18(29-6-2)20(14-16)31-8-4/h9-14,21H,5-8,24H2,1-4H3,(H,25,26,27)/t21-/m1/s1. The summed E-state index contributed by atoms with van der Waals surface area (Å²) in [6.07, 6.45) is 0. The first-order valence-electron chi connectivity index (χ1n) is 10.6. The third-order valence-corrected chi connectivity index (χ3v) is 4.53. The second-order valence-electron chi connectivity index (χ2n) is 6.62. The van der Waals surface area contributed by atoms with Gasteiger partial charge in [-0.15, -0.1) is 0 Å². The smallest absolute Gasteiger partial charge is 0.181 e. The molecule has 0 spiro atoms. The lowest BCUT2D eigenvalue weighted by Gasteiger charge is -2.15. The molecule has 0 aliphatic carbocycles. The summed E-state index contributed by atoms with van der Waals surface area (Å²) in [5.41, 5.74) is 8.12. The fraction of sp³-hybridized carbons (Fsp3) is 0.391. The van der Waals surface area contributed by atoms with Crippen molar-refractivity contribution in [1.29, 1.82) is 0 Å². The molecule has 0 radical (unpaired) electrons. The van der Waals surface area contributed by atoms with E-state index in [2.05, 4.69) is 15.2 Å². The van der Waals surface area contributed by atoms with Crippen LogP contribution in [0.1, 0.15) is 45.1 Å². The number of H-pyrrole nitrogens is 1. The van der Waals surface area contributed by atoms with E-state index in [1.165, 1.54) is 0 Å². The van der Waals surface area contributed by atoms with Crippen molar-refractivity contribution in [3.63, 3.8) is 0 Å². The lowest BCUT2D eigenvalue weighted by atomic mass is 10.1. The minimum absolute atomic E-state index is 0.495. The summed E-state index contributed by atoms with van der Waals surface area (Å²) >= 11 is 0. The number of nitrogens with one attached hydrogen (secondary N) is 1. The van der Waals surface area contributed by atoms with Crippen molar-refractivity contribution < 1.29 is 18.9 Å². The van der Waals surface area contributed by atoms with Gasteiger partial charge in [0.2, 0.25) is 0 Å². The van der Waals surface area contributed by atoms with Gasteiger partial charge in [-0.3, -0.25) is 5.10 Å². The highest BCUT2D eigenvalue weighted by Gasteiger charge is 2.18. The van der Waals surface area contributed by atoms with Crippen LogP contribution in [0.5, 0.6) is 23.0 Å². The molecule has 8 heteroatoms. The van der Waals surface area contributed by atoms with Gasteiger partial charge < -0.3 is 24.7 Å². The van der Waals surface area contributed by atoms with Crippen molar-refractivity contribution >= 4 is 0 Å². The third-order valence-electron chi connectivity index (χ3n) is 4.53. The maximum absolute atomic E-state index is 6.46. The van der Waals surface area contributed by atoms with Gasteiger partial charge in [-0.05, 0) is 63.6 Å². The van der Waals surface area contributed by atoms with Gasteiger partial charge in [-0.25, -0.2) is 4.98 Å². The van der Waals surface area contributed by atoms with Crippen LogP contribution in [-0.2, 0) is 0 Å². The fourth-order valence-corrected chi connectivity index (χ4v) is 3.15. The first kappa shape index (κ1) is 22.4. The summed E-state index contributed by atoms with van der Waals surface area (Å²) in [7, 11) is 0. The lowest BCUT2D eigenvalue weighted by molar-refractivity contribution is 0.287. The maximum Gasteiger partial charge on any atom is 0.181 e. The van der Waals surface area contributed by atoms with Crippen molar-refractivity contribution in [2.45, 2.75) is 33.7 Å². The van der Waals surface area contributed by atoms with Crippen LogP contribution in [0.4, 0.5) is 0 Å². The first-order valence-corrected chi connectivity index (χ1v) is 10.6. The van der Waals surface area contributed by atoms with E-state index in [1.54, 1.807) is 0 Å². The second-order valence-corrected chi connectivity index (χ2v) is 6.62. The van der Waals surface area contributed by atoms with Gasteiger partial charge >= 0.3 is 0 Å². The van der Waals surface area contributed by atoms with Gasteiger partial charge in [0, 0.05) is 5.56 Å². The average Bonchev–Trinajstić information content (AvgIpc) is 3.26. The Morgan fingerprint density at radius 2 is 1.32 bits per heavy atom. The average molecular weight is 427 g/mol. The van der Waals surface area contributed by atoms with E-state index >= 15 is 0 Å². The van der Waals surface area contributed by atoms with Crippen molar-refractivity contribution in [2.75, 3.05) is 26.4 Å². The van der Waals surface area contributed by atoms with E-state index in [9.17, 15) is 0 Å². The summed E-state index contributed by atoms with van der Waals surface area (Å²) in [6, 6.07) is 10.8. The summed E-state index contributed by atoms with van der Waals surface area (Å²) in [4.78, 5) is 4.61. The van der Waals surface area contributed by atoms with Crippen molar-refractivity contribution in [2.24, 2.45) is 5.73 Å². The van der Waals surface area contributed by atoms with E-state index in [1.807, 2.05) is 64.1 Å². The minimum atomic E-state index is -0.495. The Hall–Kier alpha value is -3.26. The van der Waals surface area contributed by atoms with Crippen molar-refractivity contribution in [3.05, 3.63) is 47.8 Å². The summed E-state index contributed by atoms with van der Waals surface area (Å²) in [5, 5.41) is 7.30. The van der Waals surface area contributed by atoms with Crippen molar-refractivity contribution in [1.82, 2.24) is 15.2 Å². The number of nitrogens with two attached hydrogens (primary N) is 1. The van der Waals surface area contributed by atoms with Gasteiger partial charge in [0.25, 0.3) is 0 Å². The van der Waals surface area contributed by atoms with Gasteiger partial charge in [0.05, 0.1) is 32.5 Å². The van der Waals surface area contributed by atoms with Crippen LogP contribution in [0.3, 0.4) is 0 Å². The molecule has 0 amide bonds. The Morgan fingerprint density at radius 1 is 0.774 bits per heavy atom. The molecule has 0 saturated carbocycles. The van der Waals surface area contributed by atoms with Crippen LogP contribution in [-0.4, -0.2) is 41.6 Å². The number of ether oxygens (including phenoxy) is 4. The highest BCUT2D eigenvalue weighted by molar-refractivity contribution is 5.61. The van der Waals surface area contributed by atoms with Crippen LogP contribution in [0.2, 0.25) is 0 Å². The molecule has 31 heavy (non-hydrogen) atoms. The molecule has 0 bridgehead atoms. The molecule has 1 aromatic heterocycles. The van der Waals surface area contributed by atoms with Gasteiger partial charge in [-0.2, -0.15) is 5.10 Å². The molecule has 0 aliphatic heterocycles. The molecule has 2 aromatic carbocycles. The van der Waals surface area contributed by atoms with Crippen molar-refractivity contribution in [3.8, 4) is 34.4 Å². The highest BCUT2D eigenvalue weighted by Crippen LogP contribution is 2.33. The van der Waals surface area contributed by atoms with E-state index < -0.39 is 6.04 Å². The van der Waals surface area contributed by atoms with Crippen LogP contribution in [0.25, 0.3) is 11.4 Å². The number of nitrogens with zero attached hydrogens (tertiary/aromatic N) is 2. The Bertz CT molecular complexity index is 989. The number of aromatic amines is 1. The summed E-state index contributed by atoms with van der Waals surface area (Å²) in [5.74, 6) is 3.78. The molecule has 8 nitrogen and oxygen atoms in total. The molecule has 166 valence electrons. The zero-order valence-corrected chi connectivity index (χ0v) is 18.5. The lowest BCUT2D eigenvalue weighted by Crippen LogP contribution is -2.14. The van der Waals surface area contributed by atoms with Crippen LogP contribution >= 0.6 is 0 Å². The quantitative estimate of drug-likeness (QED) is 0.475. The number of hydrogen-bond acceptors (Lipinski definition) is 7. The Balaban J connectivity index is 1.86. The monoisotopic (exact) mass is 426 g/mol. The molecular weight excluding hydrogens is 396 g/mol. The molecule has 0 unspecified atom stereocenters. The number of aromatic nitrogens is 3. The molecule has 1 atom stereocenters. The zero-order chi connectivity index (χ0) is 22.2. The first-order chi connectivity index (χ1) is 15.1. The highest BCUT2D eigenvalue weighted by atomic mass is 16.5. The molecule has 1 heterocycles. The van der Waals surface area contributed by atoms with Crippen LogP contribution in [0.15, 0.2) is 36.4 Å². The van der Waals surface area contributed by atoms with Gasteiger partial charge in [0.15, 0.2) is 28.8 Å². The number of benzene rings is 2. The SMILES string of the molecule is CCOc1ccc(-c2n[nH]c([C@H](N)c3ccc(OCC)c(OCC)c3)n2)cc1OCC. The third kappa shape index (κ3) is 5.27. The zero-order valence-electron chi connectivity index (χ0n) is 18.5. The largest absolute Gasteiger partial charge is 0.490 e. The second kappa shape index (κ2) is 10.7. The molecule has 3 N–H and O–H groups in total. The predicted octanol–water partition coefficient (Wildman–Crippen LogP) is 4.11. The molecular formula is C23H30N4O4. The summed E-state index contributed by atoms with van der Waals surface area (Å²) < 4.78 is 22.7. The van der Waals surface area contributed by atoms with Gasteiger partial charge in [0.1, 0.15) is 5.82 Å². The fourth-order valence-electron chi connectivity index (χ4n) is 3.15. The molecule has 3 aromatic rings. The maximum atomic E-state index is 6.46. The summed E-state index contributed by atoms with van der Waals surface area (Å²) in [6.45, 7) is 9.91. The Kier molecular flexibility index (Phi) is 7.72. The topological polar surface area (TPSA) is 105 Å². The molecule has 0 fully saturated rings. The van der Waals surface area contributed by atoms with E-state index in [0.717, 1.165) is 11.1 Å². The molecule has 0 aliphatic rings. The predicted molar refractivity (Wildman–Crippen MR) is 119 cm³/mol. The van der Waals surface area contributed by atoms with Crippen LogP contribution in [0, 0.1) is 0 Å². The number of hydrogen-bond donors (Lipinski definition) is 2. The normalized spacial score (nSPS) is 11.8. The Morgan fingerprint density at radius 3 is 1.94 bits per heavy atom.